The zero-order valence-corrected chi connectivity index (χ0v) is 19.8. The minimum atomic E-state index is -0.337. The average molecular weight is 475 g/mol. The molecule has 4 rings (SSSR count). The molecular formula is C24H31ClN4O4. The topological polar surface area (TPSA) is 76.9 Å². The molecule has 2 aliphatic heterocycles. The number of carbonyl (C=O) groups is 2. The van der Waals surface area contributed by atoms with Gasteiger partial charge >= 0.3 is 0 Å². The number of ether oxygens (including phenoxy) is 2. The van der Waals surface area contributed by atoms with Crippen molar-refractivity contribution in [2.45, 2.75) is 32.7 Å². The third kappa shape index (κ3) is 6.26. The Morgan fingerprint density at radius 3 is 2.52 bits per heavy atom. The number of halogens is 1. The van der Waals surface area contributed by atoms with Gasteiger partial charge in [-0.25, -0.2) is 0 Å². The molecule has 178 valence electrons. The summed E-state index contributed by atoms with van der Waals surface area (Å²) in [5, 5.41) is 4.83. The first-order valence-corrected chi connectivity index (χ1v) is 11.8. The molecule has 33 heavy (non-hydrogen) atoms. The molecule has 0 unspecified atom stereocenters. The van der Waals surface area contributed by atoms with Gasteiger partial charge in [-0.2, -0.15) is 5.10 Å². The summed E-state index contributed by atoms with van der Waals surface area (Å²) in [7, 11) is 0. The number of benzene rings is 1. The van der Waals surface area contributed by atoms with Crippen LogP contribution in [-0.4, -0.2) is 77.4 Å². The first-order chi connectivity index (χ1) is 15.9. The molecule has 3 heterocycles. The van der Waals surface area contributed by atoms with E-state index in [-0.39, 0.29) is 23.8 Å². The van der Waals surface area contributed by atoms with Crippen molar-refractivity contribution in [3.8, 4) is 5.75 Å². The fourth-order valence-corrected chi connectivity index (χ4v) is 4.61. The summed E-state index contributed by atoms with van der Waals surface area (Å²) >= 11 is 6.11. The van der Waals surface area contributed by atoms with Crippen LogP contribution in [0.15, 0.2) is 36.7 Å². The summed E-state index contributed by atoms with van der Waals surface area (Å²) in [6.07, 6.45) is 5.42. The zero-order valence-electron chi connectivity index (χ0n) is 19.0. The van der Waals surface area contributed by atoms with Crippen LogP contribution in [0.2, 0.25) is 5.02 Å². The quantitative estimate of drug-likeness (QED) is 0.616. The third-order valence-electron chi connectivity index (χ3n) is 6.47. The second-order valence-electron chi connectivity index (χ2n) is 9.01. The summed E-state index contributed by atoms with van der Waals surface area (Å²) in [6, 6.07) is 7.30. The van der Waals surface area contributed by atoms with E-state index in [2.05, 4.69) is 5.10 Å². The van der Waals surface area contributed by atoms with Gasteiger partial charge in [0.25, 0.3) is 0 Å². The van der Waals surface area contributed by atoms with Gasteiger partial charge in [0.1, 0.15) is 12.3 Å². The Morgan fingerprint density at radius 2 is 1.85 bits per heavy atom. The maximum Gasteiger partial charge on any atom is 0.244 e. The van der Waals surface area contributed by atoms with Gasteiger partial charge in [-0.1, -0.05) is 17.7 Å². The average Bonchev–Trinajstić information content (AvgIpc) is 3.23. The highest BCUT2D eigenvalue weighted by atomic mass is 35.5. The number of nitrogens with zero attached hydrogens (tertiary/aromatic N) is 4. The van der Waals surface area contributed by atoms with E-state index in [1.54, 1.807) is 23.0 Å². The summed E-state index contributed by atoms with van der Waals surface area (Å²) in [4.78, 5) is 29.6. The number of rotatable bonds is 7. The Kier molecular flexibility index (Phi) is 7.55. The monoisotopic (exact) mass is 474 g/mol. The number of aromatic nitrogens is 2. The molecule has 1 aromatic carbocycles. The van der Waals surface area contributed by atoms with Crippen molar-refractivity contribution in [2.75, 3.05) is 46.0 Å². The van der Waals surface area contributed by atoms with Gasteiger partial charge in [-0.3, -0.25) is 14.3 Å². The standard InChI is InChI=1S/C24H31ClN4O4/c1-19-15-26-29(16-19)17-23(31)27-7-5-24(6-8-27,14-22(30)28-9-11-32-12-10-28)18-33-21-4-2-3-20(25)13-21/h2-4,13,15-16H,5-12,14,17-18H2,1H3. The van der Waals surface area contributed by atoms with Gasteiger partial charge < -0.3 is 19.3 Å². The summed E-state index contributed by atoms with van der Waals surface area (Å²) in [5.74, 6) is 0.856. The molecule has 0 N–H and O–H groups in total. The van der Waals surface area contributed by atoms with E-state index in [1.165, 1.54) is 0 Å². The van der Waals surface area contributed by atoms with Gasteiger partial charge in [0, 0.05) is 49.2 Å². The lowest BCUT2D eigenvalue weighted by atomic mass is 9.75. The Morgan fingerprint density at radius 1 is 1.12 bits per heavy atom. The molecule has 0 saturated carbocycles. The SMILES string of the molecule is Cc1cnn(CC(=O)N2CCC(COc3cccc(Cl)c3)(CC(=O)N3CCOCC3)CC2)c1. The lowest BCUT2D eigenvalue weighted by Crippen LogP contribution is -2.49. The molecule has 2 aromatic rings. The Balaban J connectivity index is 1.41. The minimum absolute atomic E-state index is 0.0435. The highest BCUT2D eigenvalue weighted by Gasteiger charge is 2.40. The molecule has 1 aromatic heterocycles. The van der Waals surface area contributed by atoms with Crippen molar-refractivity contribution in [3.63, 3.8) is 0 Å². The molecule has 2 saturated heterocycles. The molecule has 0 aliphatic carbocycles. The predicted molar refractivity (Wildman–Crippen MR) is 124 cm³/mol. The molecule has 0 spiro atoms. The number of aryl methyl sites for hydroxylation is 1. The smallest absolute Gasteiger partial charge is 0.244 e. The van der Waals surface area contributed by atoms with E-state index in [0.717, 1.165) is 5.56 Å². The van der Waals surface area contributed by atoms with Crippen molar-refractivity contribution in [1.82, 2.24) is 19.6 Å². The van der Waals surface area contributed by atoms with Crippen molar-refractivity contribution in [3.05, 3.63) is 47.2 Å². The van der Waals surface area contributed by atoms with E-state index in [9.17, 15) is 9.59 Å². The molecule has 0 radical (unpaired) electrons. The minimum Gasteiger partial charge on any atom is -0.493 e. The zero-order chi connectivity index (χ0) is 23.3. The van der Waals surface area contributed by atoms with Gasteiger partial charge in [0.05, 0.1) is 26.0 Å². The van der Waals surface area contributed by atoms with Crippen LogP contribution in [0.1, 0.15) is 24.8 Å². The lowest BCUT2D eigenvalue weighted by Gasteiger charge is -2.42. The molecule has 2 aliphatic rings. The van der Waals surface area contributed by atoms with Crippen molar-refractivity contribution >= 4 is 23.4 Å². The first-order valence-electron chi connectivity index (χ1n) is 11.4. The van der Waals surface area contributed by atoms with Crippen LogP contribution in [-0.2, 0) is 20.9 Å². The summed E-state index contributed by atoms with van der Waals surface area (Å²) < 4.78 is 13.2. The summed E-state index contributed by atoms with van der Waals surface area (Å²) in [5.41, 5.74) is 0.691. The van der Waals surface area contributed by atoms with Crippen molar-refractivity contribution in [1.29, 1.82) is 0 Å². The van der Waals surface area contributed by atoms with Crippen LogP contribution in [0.5, 0.6) is 5.75 Å². The number of morpholine rings is 1. The van der Waals surface area contributed by atoms with Gasteiger partial charge in [0.2, 0.25) is 11.8 Å². The predicted octanol–water partition coefficient (Wildman–Crippen LogP) is 2.78. The van der Waals surface area contributed by atoms with E-state index in [4.69, 9.17) is 21.1 Å². The number of hydrogen-bond acceptors (Lipinski definition) is 5. The van der Waals surface area contributed by atoms with E-state index in [1.807, 2.05) is 35.1 Å². The normalized spacial score (nSPS) is 18.2. The van der Waals surface area contributed by atoms with Crippen LogP contribution in [0.3, 0.4) is 0 Å². The van der Waals surface area contributed by atoms with Gasteiger partial charge in [-0.15, -0.1) is 0 Å². The molecule has 0 atom stereocenters. The van der Waals surface area contributed by atoms with Gasteiger partial charge in [0.15, 0.2) is 0 Å². The molecule has 0 bridgehead atoms. The maximum atomic E-state index is 13.1. The number of hydrogen-bond donors (Lipinski definition) is 0. The van der Waals surface area contributed by atoms with Gasteiger partial charge in [-0.05, 0) is 43.5 Å². The number of piperidine rings is 1. The highest BCUT2D eigenvalue weighted by molar-refractivity contribution is 6.30. The molecule has 2 amide bonds. The Hall–Kier alpha value is -2.58. The van der Waals surface area contributed by atoms with E-state index >= 15 is 0 Å². The Labute approximate surface area is 199 Å². The fraction of sp³-hybridized carbons (Fsp3) is 0.542. The molecule has 9 heteroatoms. The summed E-state index contributed by atoms with van der Waals surface area (Å²) in [6.45, 7) is 6.17. The molecule has 2 fully saturated rings. The molecular weight excluding hydrogens is 444 g/mol. The van der Waals surface area contributed by atoms with Crippen LogP contribution in [0.4, 0.5) is 0 Å². The largest absolute Gasteiger partial charge is 0.493 e. The second kappa shape index (κ2) is 10.6. The van der Waals surface area contributed by atoms with E-state index < -0.39 is 0 Å². The van der Waals surface area contributed by atoms with E-state index in [0.29, 0.717) is 76.0 Å². The highest BCUT2D eigenvalue weighted by Crippen LogP contribution is 2.37. The van der Waals surface area contributed by atoms with Crippen LogP contribution < -0.4 is 4.74 Å². The fourth-order valence-electron chi connectivity index (χ4n) is 4.43. The Bertz CT molecular complexity index is 965. The first kappa shape index (κ1) is 23.6. The number of amides is 2. The van der Waals surface area contributed by atoms with Crippen molar-refractivity contribution < 1.29 is 19.1 Å². The lowest BCUT2D eigenvalue weighted by molar-refractivity contribution is -0.141. The molecule has 8 nitrogen and oxygen atoms in total. The van der Waals surface area contributed by atoms with Crippen LogP contribution >= 0.6 is 11.6 Å². The number of carbonyl (C=O) groups excluding carboxylic acids is 2. The maximum absolute atomic E-state index is 13.1. The number of likely N-dealkylation sites (tertiary alicyclic amines) is 1. The third-order valence-corrected chi connectivity index (χ3v) is 6.70. The van der Waals surface area contributed by atoms with Crippen molar-refractivity contribution in [2.24, 2.45) is 5.41 Å². The van der Waals surface area contributed by atoms with Crippen LogP contribution in [0.25, 0.3) is 0 Å². The second-order valence-corrected chi connectivity index (χ2v) is 9.45. The van der Waals surface area contributed by atoms with Crippen LogP contribution in [0, 0.1) is 12.3 Å².